The molecule has 0 spiro atoms. The van der Waals surface area contributed by atoms with Crippen molar-refractivity contribution in [1.82, 2.24) is 5.32 Å². The average Bonchev–Trinajstić information content (AvgIpc) is 2.29. The topological polar surface area (TPSA) is 21.3 Å². The molecule has 0 heterocycles. The lowest BCUT2D eigenvalue weighted by Crippen LogP contribution is -2.14. The molecule has 0 unspecified atom stereocenters. The predicted octanol–water partition coefficient (Wildman–Crippen LogP) is 3.06. The first-order valence-corrected chi connectivity index (χ1v) is 6.59. The third-order valence-corrected chi connectivity index (χ3v) is 3.81. The fourth-order valence-corrected chi connectivity index (χ4v) is 3.19. The number of nitrogens with one attached hydrogen (secondary N) is 1. The van der Waals surface area contributed by atoms with E-state index in [1.54, 1.807) is 7.11 Å². The van der Waals surface area contributed by atoms with Crippen molar-refractivity contribution >= 4 is 15.9 Å². The van der Waals surface area contributed by atoms with Gasteiger partial charge in [0.15, 0.2) is 0 Å². The summed E-state index contributed by atoms with van der Waals surface area (Å²) in [4.78, 5) is 0. The quantitative estimate of drug-likeness (QED) is 0.921. The summed E-state index contributed by atoms with van der Waals surface area (Å²) >= 11 is 3.60. The second-order valence-electron chi connectivity index (χ2n) is 4.25. The van der Waals surface area contributed by atoms with E-state index in [0.29, 0.717) is 0 Å². The third-order valence-electron chi connectivity index (χ3n) is 3.22. The van der Waals surface area contributed by atoms with Gasteiger partial charge in [-0.3, -0.25) is 0 Å². The van der Waals surface area contributed by atoms with Gasteiger partial charge in [0, 0.05) is 12.1 Å². The minimum absolute atomic E-state index is 0.880. The zero-order chi connectivity index (χ0) is 11.5. The number of halogens is 1. The van der Waals surface area contributed by atoms with Crippen LogP contribution in [-0.2, 0) is 19.4 Å². The van der Waals surface area contributed by atoms with E-state index < -0.39 is 0 Å². The second-order valence-corrected chi connectivity index (χ2v) is 5.10. The first kappa shape index (κ1) is 11.9. The van der Waals surface area contributed by atoms with Crippen molar-refractivity contribution < 1.29 is 4.74 Å². The van der Waals surface area contributed by atoms with Crippen LogP contribution in [0.1, 0.15) is 29.5 Å². The Bertz CT molecular complexity index is 390. The van der Waals surface area contributed by atoms with Crippen LogP contribution in [0.4, 0.5) is 0 Å². The predicted molar refractivity (Wildman–Crippen MR) is 70.1 cm³/mol. The molecule has 0 amide bonds. The van der Waals surface area contributed by atoms with E-state index in [0.717, 1.165) is 16.8 Å². The second kappa shape index (κ2) is 5.19. The molecule has 0 fully saturated rings. The zero-order valence-electron chi connectivity index (χ0n) is 9.90. The normalized spacial score (nSPS) is 14.7. The molecule has 88 valence electrons. The lowest BCUT2D eigenvalue weighted by molar-refractivity contribution is 0.404. The minimum atomic E-state index is 0.880. The van der Waals surface area contributed by atoms with E-state index in [1.807, 2.05) is 7.05 Å². The number of hydrogen-bond donors (Lipinski definition) is 1. The molecule has 0 saturated carbocycles. The van der Waals surface area contributed by atoms with E-state index in [-0.39, 0.29) is 0 Å². The van der Waals surface area contributed by atoms with Crippen LogP contribution in [0.15, 0.2) is 10.5 Å². The molecule has 16 heavy (non-hydrogen) atoms. The first-order valence-electron chi connectivity index (χ1n) is 5.79. The maximum atomic E-state index is 5.51. The zero-order valence-corrected chi connectivity index (χ0v) is 11.5. The molecule has 1 aliphatic carbocycles. The van der Waals surface area contributed by atoms with Gasteiger partial charge >= 0.3 is 0 Å². The molecule has 0 bridgehead atoms. The summed E-state index contributed by atoms with van der Waals surface area (Å²) in [7, 11) is 3.73. The van der Waals surface area contributed by atoms with Gasteiger partial charge < -0.3 is 10.1 Å². The Labute approximate surface area is 106 Å². The third kappa shape index (κ3) is 2.11. The highest BCUT2D eigenvalue weighted by molar-refractivity contribution is 9.10. The van der Waals surface area contributed by atoms with Crippen molar-refractivity contribution in [3.8, 4) is 5.75 Å². The number of fused-ring (bicyclic) bond motifs is 1. The molecule has 0 aliphatic heterocycles. The average molecular weight is 284 g/mol. The summed E-state index contributed by atoms with van der Waals surface area (Å²) in [5.74, 6) is 0.995. The van der Waals surface area contributed by atoms with Crippen LogP contribution in [0.5, 0.6) is 5.75 Å². The van der Waals surface area contributed by atoms with Crippen molar-refractivity contribution in [3.05, 3.63) is 27.2 Å². The molecule has 1 N–H and O–H groups in total. The summed E-state index contributed by atoms with van der Waals surface area (Å²) in [6.07, 6.45) is 5.00. The van der Waals surface area contributed by atoms with Crippen molar-refractivity contribution in [2.24, 2.45) is 0 Å². The Kier molecular flexibility index (Phi) is 3.87. The molecule has 2 rings (SSSR count). The first-order chi connectivity index (χ1) is 7.77. The largest absolute Gasteiger partial charge is 0.495 e. The summed E-state index contributed by atoms with van der Waals surface area (Å²) in [5, 5.41) is 3.24. The van der Waals surface area contributed by atoms with E-state index in [1.165, 1.54) is 42.4 Å². The van der Waals surface area contributed by atoms with Gasteiger partial charge in [0.2, 0.25) is 0 Å². The van der Waals surface area contributed by atoms with Gasteiger partial charge in [0.05, 0.1) is 11.6 Å². The molecule has 0 atom stereocenters. The highest BCUT2D eigenvalue weighted by Crippen LogP contribution is 2.37. The van der Waals surface area contributed by atoms with Crippen LogP contribution in [-0.4, -0.2) is 14.2 Å². The van der Waals surface area contributed by atoms with Crippen LogP contribution in [0, 0.1) is 0 Å². The lowest BCUT2D eigenvalue weighted by Gasteiger charge is -2.22. The van der Waals surface area contributed by atoms with Gasteiger partial charge in [-0.25, -0.2) is 0 Å². The highest BCUT2D eigenvalue weighted by atomic mass is 79.9. The fourth-order valence-electron chi connectivity index (χ4n) is 2.52. The summed E-state index contributed by atoms with van der Waals surface area (Å²) < 4.78 is 6.59. The number of rotatable bonds is 3. The van der Waals surface area contributed by atoms with Crippen LogP contribution in [0.2, 0.25) is 0 Å². The van der Waals surface area contributed by atoms with E-state index in [9.17, 15) is 0 Å². The molecule has 1 aromatic rings. The summed E-state index contributed by atoms with van der Waals surface area (Å²) in [6.45, 7) is 0.880. The van der Waals surface area contributed by atoms with Gasteiger partial charge in [-0.2, -0.15) is 0 Å². The number of hydrogen-bond acceptors (Lipinski definition) is 2. The van der Waals surface area contributed by atoms with Gasteiger partial charge in [-0.1, -0.05) is 0 Å². The monoisotopic (exact) mass is 283 g/mol. The number of benzene rings is 1. The Balaban J connectivity index is 2.54. The van der Waals surface area contributed by atoms with Gasteiger partial charge in [-0.05, 0) is 65.9 Å². The van der Waals surface area contributed by atoms with Crippen molar-refractivity contribution in [3.63, 3.8) is 0 Å². The standard InChI is InChI=1S/C13H18BrNO/c1-15-8-11-10-6-4-3-5-9(10)7-12(14)13(11)16-2/h7,15H,3-6,8H2,1-2H3. The van der Waals surface area contributed by atoms with Crippen molar-refractivity contribution in [2.45, 2.75) is 32.2 Å². The molecule has 2 nitrogen and oxygen atoms in total. The maximum absolute atomic E-state index is 5.51. The van der Waals surface area contributed by atoms with E-state index >= 15 is 0 Å². The lowest BCUT2D eigenvalue weighted by atomic mass is 9.87. The maximum Gasteiger partial charge on any atom is 0.137 e. The SMILES string of the molecule is CNCc1c2c(cc(Br)c1OC)CCCC2. The number of methoxy groups -OCH3 is 1. The number of ether oxygens (including phenoxy) is 1. The molecule has 3 heteroatoms. The fraction of sp³-hybridized carbons (Fsp3) is 0.538. The van der Waals surface area contributed by atoms with E-state index in [2.05, 4.69) is 27.3 Å². The van der Waals surface area contributed by atoms with Gasteiger partial charge in [0.25, 0.3) is 0 Å². The van der Waals surface area contributed by atoms with Crippen molar-refractivity contribution in [1.29, 1.82) is 0 Å². The van der Waals surface area contributed by atoms with Crippen LogP contribution in [0.25, 0.3) is 0 Å². The van der Waals surface area contributed by atoms with Gasteiger partial charge in [0.1, 0.15) is 5.75 Å². The number of aryl methyl sites for hydroxylation is 1. The summed E-state index contributed by atoms with van der Waals surface area (Å²) in [6, 6.07) is 2.23. The Morgan fingerprint density at radius 1 is 1.38 bits per heavy atom. The highest BCUT2D eigenvalue weighted by Gasteiger charge is 2.19. The molecule has 0 radical (unpaired) electrons. The Hall–Kier alpha value is -0.540. The van der Waals surface area contributed by atoms with Crippen LogP contribution < -0.4 is 10.1 Å². The molecule has 1 aliphatic rings. The smallest absolute Gasteiger partial charge is 0.137 e. The molecular formula is C13H18BrNO. The van der Waals surface area contributed by atoms with Gasteiger partial charge in [-0.15, -0.1) is 0 Å². The molecule has 1 aromatic carbocycles. The molecular weight excluding hydrogens is 266 g/mol. The molecule has 0 saturated heterocycles. The van der Waals surface area contributed by atoms with Crippen LogP contribution >= 0.6 is 15.9 Å². The van der Waals surface area contributed by atoms with E-state index in [4.69, 9.17) is 4.74 Å². The summed E-state index contributed by atoms with van der Waals surface area (Å²) in [5.41, 5.74) is 4.32. The van der Waals surface area contributed by atoms with Crippen molar-refractivity contribution in [2.75, 3.05) is 14.2 Å². The Morgan fingerprint density at radius 2 is 2.12 bits per heavy atom. The Morgan fingerprint density at radius 3 is 2.81 bits per heavy atom. The molecule has 0 aromatic heterocycles. The van der Waals surface area contributed by atoms with Crippen LogP contribution in [0.3, 0.4) is 0 Å². The minimum Gasteiger partial charge on any atom is -0.495 e.